The Morgan fingerprint density at radius 1 is 1.16 bits per heavy atom. The molecule has 2 aromatic carbocycles. The molecule has 3 N–H and O–H groups in total. The van der Waals surface area contributed by atoms with Gasteiger partial charge in [-0.05, 0) is 12.1 Å². The number of nitrogens with zero attached hydrogens (tertiary/aromatic N) is 1. The van der Waals surface area contributed by atoms with Gasteiger partial charge in [-0.1, -0.05) is 30.3 Å². The molecule has 0 heterocycles. The Kier molecular flexibility index (Phi) is 3.15. The molecule has 19 heavy (non-hydrogen) atoms. The Morgan fingerprint density at radius 3 is 2.37 bits per heavy atom. The predicted octanol–water partition coefficient (Wildman–Crippen LogP) is 2.11. The summed E-state index contributed by atoms with van der Waals surface area (Å²) in [5.74, 6) is -0.935. The SMILES string of the molecule is Nc1c(O)ccc(C(=O)c2ccccc2)c1[N+](=O)[O-]. The highest BCUT2D eigenvalue weighted by atomic mass is 16.6. The van der Waals surface area contributed by atoms with Crippen molar-refractivity contribution in [1.29, 1.82) is 0 Å². The second-order valence-corrected chi connectivity index (χ2v) is 3.85. The van der Waals surface area contributed by atoms with E-state index in [-0.39, 0.29) is 5.56 Å². The van der Waals surface area contributed by atoms with E-state index in [9.17, 15) is 20.0 Å². The zero-order valence-electron chi connectivity index (χ0n) is 9.74. The van der Waals surface area contributed by atoms with Crippen LogP contribution in [0.2, 0.25) is 0 Å². The standard InChI is InChI=1S/C13H10N2O4/c14-11-10(16)7-6-9(12(11)15(18)19)13(17)8-4-2-1-3-5-8/h1-7,16H,14H2. The van der Waals surface area contributed by atoms with Crippen molar-refractivity contribution in [3.05, 3.63) is 63.7 Å². The number of phenols is 1. The number of hydrogen-bond donors (Lipinski definition) is 2. The van der Waals surface area contributed by atoms with Crippen molar-refractivity contribution in [3.63, 3.8) is 0 Å². The first-order valence-corrected chi connectivity index (χ1v) is 5.38. The molecule has 0 aliphatic rings. The third-order valence-electron chi connectivity index (χ3n) is 2.66. The van der Waals surface area contributed by atoms with Gasteiger partial charge in [-0.2, -0.15) is 0 Å². The zero-order valence-corrected chi connectivity index (χ0v) is 9.74. The van der Waals surface area contributed by atoms with Gasteiger partial charge >= 0.3 is 5.69 Å². The molecule has 0 unspecified atom stereocenters. The van der Waals surface area contributed by atoms with Gasteiger partial charge in [0.05, 0.1) is 4.92 Å². The molecule has 0 fully saturated rings. The first-order chi connectivity index (χ1) is 9.02. The normalized spacial score (nSPS) is 10.1. The molecule has 2 rings (SSSR count). The van der Waals surface area contributed by atoms with Crippen molar-refractivity contribution in [2.75, 3.05) is 5.73 Å². The number of hydrogen-bond acceptors (Lipinski definition) is 5. The fraction of sp³-hybridized carbons (Fsp3) is 0. The van der Waals surface area contributed by atoms with E-state index in [1.807, 2.05) is 0 Å². The molecular weight excluding hydrogens is 248 g/mol. The zero-order chi connectivity index (χ0) is 14.0. The number of nitro benzene ring substituents is 1. The van der Waals surface area contributed by atoms with Gasteiger partial charge in [0, 0.05) is 5.56 Å². The summed E-state index contributed by atoms with van der Waals surface area (Å²) in [5.41, 5.74) is 4.64. The smallest absolute Gasteiger partial charge is 0.307 e. The van der Waals surface area contributed by atoms with Crippen LogP contribution in [0.5, 0.6) is 5.75 Å². The van der Waals surface area contributed by atoms with Gasteiger partial charge in [-0.25, -0.2) is 0 Å². The second-order valence-electron chi connectivity index (χ2n) is 3.85. The van der Waals surface area contributed by atoms with E-state index in [4.69, 9.17) is 5.73 Å². The highest BCUT2D eigenvalue weighted by Crippen LogP contribution is 2.34. The molecule has 0 radical (unpaired) electrons. The Bertz CT molecular complexity index is 653. The van der Waals surface area contributed by atoms with Crippen LogP contribution in [0.1, 0.15) is 15.9 Å². The third kappa shape index (κ3) is 2.23. The summed E-state index contributed by atoms with van der Waals surface area (Å²) >= 11 is 0. The average Bonchev–Trinajstić information content (AvgIpc) is 2.41. The predicted molar refractivity (Wildman–Crippen MR) is 69.0 cm³/mol. The first-order valence-electron chi connectivity index (χ1n) is 5.38. The molecule has 0 atom stereocenters. The fourth-order valence-electron chi connectivity index (χ4n) is 1.72. The minimum atomic E-state index is -0.773. The number of phenolic OH excluding ortho intramolecular Hbond substituents is 1. The van der Waals surface area contributed by atoms with Gasteiger partial charge in [-0.3, -0.25) is 14.9 Å². The van der Waals surface area contributed by atoms with E-state index in [1.165, 1.54) is 12.1 Å². The quantitative estimate of drug-likeness (QED) is 0.288. The number of anilines is 1. The monoisotopic (exact) mass is 258 g/mol. The molecule has 0 saturated heterocycles. The number of aromatic hydroxyl groups is 1. The highest BCUT2D eigenvalue weighted by Gasteiger charge is 2.26. The Balaban J connectivity index is 2.61. The molecule has 0 spiro atoms. The molecule has 0 saturated carbocycles. The number of nitro groups is 1. The molecule has 0 aliphatic carbocycles. The van der Waals surface area contributed by atoms with Crippen LogP contribution in [-0.4, -0.2) is 15.8 Å². The summed E-state index contributed by atoms with van der Waals surface area (Å²) in [6.07, 6.45) is 0. The molecule has 6 nitrogen and oxygen atoms in total. The third-order valence-corrected chi connectivity index (χ3v) is 2.66. The van der Waals surface area contributed by atoms with E-state index in [0.29, 0.717) is 5.56 Å². The summed E-state index contributed by atoms with van der Waals surface area (Å²) in [5, 5.41) is 20.4. The average molecular weight is 258 g/mol. The van der Waals surface area contributed by atoms with Crippen LogP contribution in [0.15, 0.2) is 42.5 Å². The van der Waals surface area contributed by atoms with Gasteiger partial charge in [0.15, 0.2) is 11.5 Å². The Labute approximate surface area is 108 Å². The van der Waals surface area contributed by atoms with Crippen LogP contribution < -0.4 is 5.73 Å². The summed E-state index contributed by atoms with van der Waals surface area (Å²) in [7, 11) is 0. The van der Waals surface area contributed by atoms with E-state index in [2.05, 4.69) is 0 Å². The lowest BCUT2D eigenvalue weighted by atomic mass is 10.0. The van der Waals surface area contributed by atoms with Crippen molar-refractivity contribution in [2.24, 2.45) is 0 Å². The van der Waals surface area contributed by atoms with Crippen LogP contribution in [0.3, 0.4) is 0 Å². The number of nitrogen functional groups attached to an aromatic ring is 1. The van der Waals surface area contributed by atoms with Crippen molar-refractivity contribution in [1.82, 2.24) is 0 Å². The molecule has 2 aromatic rings. The minimum Gasteiger partial charge on any atom is -0.506 e. The lowest BCUT2D eigenvalue weighted by Gasteiger charge is -2.06. The number of ketones is 1. The van der Waals surface area contributed by atoms with Crippen molar-refractivity contribution in [2.45, 2.75) is 0 Å². The lowest BCUT2D eigenvalue weighted by molar-refractivity contribution is -0.384. The summed E-state index contributed by atoms with van der Waals surface area (Å²) < 4.78 is 0. The van der Waals surface area contributed by atoms with Crippen molar-refractivity contribution < 1.29 is 14.8 Å². The number of rotatable bonds is 3. The van der Waals surface area contributed by atoms with Gasteiger partial charge in [0.2, 0.25) is 0 Å². The largest absolute Gasteiger partial charge is 0.506 e. The van der Waals surface area contributed by atoms with Crippen molar-refractivity contribution in [3.8, 4) is 5.75 Å². The molecule has 0 amide bonds. The van der Waals surface area contributed by atoms with E-state index in [1.54, 1.807) is 30.3 Å². The lowest BCUT2D eigenvalue weighted by Crippen LogP contribution is -2.07. The fourth-order valence-corrected chi connectivity index (χ4v) is 1.72. The van der Waals surface area contributed by atoms with Crippen LogP contribution in [0, 0.1) is 10.1 Å². The molecule has 0 bridgehead atoms. The van der Waals surface area contributed by atoms with Crippen molar-refractivity contribution >= 4 is 17.2 Å². The maximum Gasteiger partial charge on any atom is 0.307 e. The van der Waals surface area contributed by atoms with Gasteiger partial charge in [0.25, 0.3) is 0 Å². The van der Waals surface area contributed by atoms with Gasteiger partial charge in [0.1, 0.15) is 11.3 Å². The number of nitrogens with two attached hydrogens (primary N) is 1. The van der Waals surface area contributed by atoms with Crippen LogP contribution in [0.25, 0.3) is 0 Å². The Morgan fingerprint density at radius 2 is 1.79 bits per heavy atom. The van der Waals surface area contributed by atoms with E-state index >= 15 is 0 Å². The molecule has 0 aliphatic heterocycles. The van der Waals surface area contributed by atoms with Crippen LogP contribution in [0.4, 0.5) is 11.4 Å². The van der Waals surface area contributed by atoms with Gasteiger partial charge in [-0.15, -0.1) is 0 Å². The summed E-state index contributed by atoms with van der Waals surface area (Å²) in [4.78, 5) is 22.4. The maximum absolute atomic E-state index is 12.2. The molecule has 6 heteroatoms. The second kappa shape index (κ2) is 4.77. The highest BCUT2D eigenvalue weighted by molar-refractivity contribution is 6.12. The number of benzene rings is 2. The Hall–Kier alpha value is -2.89. The van der Waals surface area contributed by atoms with Gasteiger partial charge < -0.3 is 10.8 Å². The summed E-state index contributed by atoms with van der Waals surface area (Å²) in [6, 6.07) is 10.5. The molecular formula is C13H10N2O4. The first kappa shape index (κ1) is 12.6. The topological polar surface area (TPSA) is 106 Å². The summed E-state index contributed by atoms with van der Waals surface area (Å²) in [6.45, 7) is 0. The molecule has 0 aromatic heterocycles. The van der Waals surface area contributed by atoms with Crippen LogP contribution >= 0.6 is 0 Å². The maximum atomic E-state index is 12.2. The molecule has 96 valence electrons. The number of carbonyl (C=O) groups excluding carboxylic acids is 1. The van der Waals surface area contributed by atoms with E-state index < -0.39 is 27.8 Å². The van der Waals surface area contributed by atoms with E-state index in [0.717, 1.165) is 0 Å². The minimum absolute atomic E-state index is 0.147. The van der Waals surface area contributed by atoms with Crippen LogP contribution in [-0.2, 0) is 0 Å². The number of carbonyl (C=O) groups is 1.